The van der Waals surface area contributed by atoms with Gasteiger partial charge in [0.05, 0.1) is 127 Å². The van der Waals surface area contributed by atoms with Crippen molar-refractivity contribution in [1.29, 1.82) is 15.8 Å². The molecule has 0 spiro atoms. The third kappa shape index (κ3) is 18.2. The van der Waals surface area contributed by atoms with Crippen molar-refractivity contribution in [2.45, 2.75) is 158 Å². The first kappa shape index (κ1) is 105. The number of hydrogen-bond donors (Lipinski definition) is 3. The zero-order chi connectivity index (χ0) is 104. The predicted octanol–water partition coefficient (Wildman–Crippen LogP) is 20.5. The highest BCUT2D eigenvalue weighted by molar-refractivity contribution is 6.40. The van der Waals surface area contributed by atoms with Gasteiger partial charge in [-0.05, 0) is 151 Å². The van der Waals surface area contributed by atoms with Crippen LogP contribution < -0.4 is 48.6 Å². The number of nitrogens with two attached hydrogens (primary N) is 3. The Labute approximate surface area is 838 Å². The Balaban J connectivity index is 0.000000178. The molecule has 6 N–H and O–H groups in total. The van der Waals surface area contributed by atoms with Crippen LogP contribution in [-0.2, 0) is 14.4 Å². The van der Waals surface area contributed by atoms with E-state index in [9.17, 15) is 66.5 Å². The second-order valence-electron chi connectivity index (χ2n) is 35.3. The number of piperazine rings is 3. The van der Waals surface area contributed by atoms with Crippen LogP contribution >= 0.6 is 81.2 Å². The van der Waals surface area contributed by atoms with Gasteiger partial charge in [-0.1, -0.05) is 142 Å². The summed E-state index contributed by atoms with van der Waals surface area (Å²) in [7, 11) is 0. The standard InChI is InChI=1S/C33H30Cl3F2N7O2.2C33H30Cl2F3N7O2/c1-7-21(46)44-16(5)12-43(13-17(44)6)31-18-10-20(34)29(22-23(35)27(40)26(38)24(36)25(22)37)42-32(18)45(33(47)19(31)11-39)30-15(4)8-9-41-28(30)14(2)3;1-7-21(46)44-16(5)12-43(13-17(44)6)31-18-10-20(34)29(22-24(36)23(35)25(37)26(38)27(22)40)42-32(18)45(33(47)19(31)11-39)30-15(4)8-9-41-28(30)14(2)3;1-7-21(46)44-16(5)12-43(13-17(44)6)31-18-10-20(34)29(22-23(35)27(40)26(38)25(37)24(22)36)42-32(18)45(33(47)19(31)11-39)30-15(4)8-9-41-28(30)14(2)3/h3*7-10,14,16-17H,1,12-13,40H2,2-6H3/t3*16-,17+. The summed E-state index contributed by atoms with van der Waals surface area (Å²) in [6.45, 7) is 39.8. The van der Waals surface area contributed by atoms with Gasteiger partial charge in [0.1, 0.15) is 61.9 Å². The van der Waals surface area contributed by atoms with Crippen LogP contribution in [0.4, 0.5) is 69.2 Å². The van der Waals surface area contributed by atoms with Crippen LogP contribution in [0.1, 0.15) is 151 Å². The van der Waals surface area contributed by atoms with Gasteiger partial charge in [0.25, 0.3) is 16.7 Å². The van der Waals surface area contributed by atoms with Gasteiger partial charge in [-0.25, -0.2) is 50.1 Å². The van der Waals surface area contributed by atoms with E-state index >= 15 is 13.2 Å². The maximum Gasteiger partial charge on any atom is 0.276 e. The van der Waals surface area contributed by atoms with E-state index in [0.717, 1.165) is 0 Å². The Morgan fingerprint density at radius 1 is 0.383 bits per heavy atom. The largest absolute Gasteiger partial charge is 0.396 e. The smallest absolute Gasteiger partial charge is 0.276 e. The van der Waals surface area contributed by atoms with E-state index in [1.54, 1.807) is 82.1 Å². The van der Waals surface area contributed by atoms with E-state index in [-0.39, 0.29) is 199 Å². The van der Waals surface area contributed by atoms with Gasteiger partial charge in [-0.15, -0.1) is 0 Å². The molecule has 732 valence electrons. The third-order valence-corrected chi connectivity index (χ3v) is 27.3. The second-order valence-corrected chi connectivity index (χ2v) is 38.1. The van der Waals surface area contributed by atoms with Crippen molar-refractivity contribution in [3.8, 4) is 69.0 Å². The van der Waals surface area contributed by atoms with E-state index < -0.39 is 128 Å². The number of hydrogen-bond acceptors (Lipinski definition) is 21. The molecule has 3 saturated heterocycles. The fourth-order valence-electron chi connectivity index (χ4n) is 18.8. The van der Waals surface area contributed by atoms with E-state index in [0.29, 0.717) is 50.8 Å². The van der Waals surface area contributed by atoms with Gasteiger partial charge in [-0.2, -0.15) is 15.8 Å². The van der Waals surface area contributed by atoms with E-state index in [4.69, 9.17) is 103 Å². The number of amides is 3. The first-order chi connectivity index (χ1) is 66.5. The topological polar surface area (TPSA) is 363 Å². The molecule has 141 heavy (non-hydrogen) atoms. The van der Waals surface area contributed by atoms with Crippen LogP contribution in [0.25, 0.3) is 83.9 Å². The highest BCUT2D eigenvalue weighted by atomic mass is 35.5. The van der Waals surface area contributed by atoms with Crippen molar-refractivity contribution in [2.75, 3.05) is 71.2 Å². The molecule has 9 aromatic heterocycles. The number of anilines is 6. The van der Waals surface area contributed by atoms with Crippen molar-refractivity contribution in [2.24, 2.45) is 0 Å². The molecule has 42 heteroatoms. The van der Waals surface area contributed by atoms with Crippen LogP contribution in [0.3, 0.4) is 0 Å². The lowest BCUT2D eigenvalue weighted by Gasteiger charge is -2.45. The van der Waals surface area contributed by atoms with Crippen LogP contribution in [0.15, 0.2) is 107 Å². The summed E-state index contributed by atoms with van der Waals surface area (Å²) in [6.07, 6.45) is 8.48. The highest BCUT2D eigenvalue weighted by Crippen LogP contribution is 2.50. The first-order valence-corrected chi connectivity index (χ1v) is 46.5. The lowest BCUT2D eigenvalue weighted by atomic mass is 10.0. The summed E-state index contributed by atoms with van der Waals surface area (Å²) < 4.78 is 123. The molecule has 3 aliphatic heterocycles. The first-order valence-electron chi connectivity index (χ1n) is 43.9. The number of fused-ring (bicyclic) bond motifs is 3. The quantitative estimate of drug-likeness (QED) is 0.0282. The molecule has 0 unspecified atom stereocenters. The van der Waals surface area contributed by atoms with E-state index in [1.165, 1.54) is 50.1 Å². The van der Waals surface area contributed by atoms with Crippen LogP contribution in [0, 0.1) is 101 Å². The number of pyridine rings is 9. The Morgan fingerprint density at radius 3 is 0.915 bits per heavy atom. The number of nitrogens with zero attached hydrogens (tertiary/aromatic N) is 18. The minimum absolute atomic E-state index is 0.000731. The SMILES string of the molecule is C=CC(=O)N1[C@H](C)CN(c2c(C#N)c(=O)n(-c3c(C)ccnc3C(C)C)c3nc(-c4c(F)c(Cl)c(F)c(N)c4Cl)c(Cl)cc23)C[C@@H]1C.C=CC(=O)N1[C@H](C)CN(c2c(C#N)c(=O)n(-c3c(C)ccnc3C(C)C)c3nc(-c4c(F)c(F)c(F)c(N)c4Cl)c(Cl)cc23)C[C@@H]1C.C=CC(=O)N1[C@H](C)CN(c2c(C#N)c(=O)n(-c3c(C)ccnc3C(C)C)c3nc(-c4c(N)c(F)c(F)c(Cl)c4F)c(Cl)cc23)C[C@@H]1C. The number of nitriles is 3. The van der Waals surface area contributed by atoms with Crippen molar-refractivity contribution >= 4 is 166 Å². The average Bonchev–Trinajstić information content (AvgIpc) is 0.725. The summed E-state index contributed by atoms with van der Waals surface area (Å²) in [6, 6.07) is 13.4. The molecule has 3 amide bonds. The zero-order valence-corrected chi connectivity index (χ0v) is 83.7. The molecule has 0 aliphatic carbocycles. The lowest BCUT2D eigenvalue weighted by molar-refractivity contribution is -0.131. The second kappa shape index (κ2) is 41.0. The van der Waals surface area contributed by atoms with Gasteiger partial charge in [-0.3, -0.25) is 57.4 Å². The molecule has 6 atom stereocenters. The molecule has 3 aliphatic rings. The van der Waals surface area contributed by atoms with Crippen molar-refractivity contribution in [3.63, 3.8) is 0 Å². The van der Waals surface area contributed by atoms with Crippen LogP contribution in [-0.4, -0.2) is 152 Å². The van der Waals surface area contributed by atoms with Gasteiger partial charge in [0, 0.05) is 110 Å². The molecule has 12 aromatic rings. The summed E-state index contributed by atoms with van der Waals surface area (Å²) in [4.78, 5) is 119. The van der Waals surface area contributed by atoms with Crippen molar-refractivity contribution in [3.05, 3.63) is 256 Å². The molecule has 3 fully saturated rings. The summed E-state index contributed by atoms with van der Waals surface area (Å²) in [5.41, 5.74) is 14.1. The fraction of sp³-hybridized carbons (Fsp3) is 0.303. The molecule has 0 radical (unpaired) electrons. The van der Waals surface area contributed by atoms with Crippen LogP contribution in [0.2, 0.25) is 35.2 Å². The monoisotopic (exact) mass is 2070 g/mol. The van der Waals surface area contributed by atoms with Crippen molar-refractivity contribution in [1.82, 2.24) is 58.3 Å². The number of aryl methyl sites for hydroxylation is 3. The predicted molar refractivity (Wildman–Crippen MR) is 535 cm³/mol. The maximum absolute atomic E-state index is 15.6. The zero-order valence-electron chi connectivity index (χ0n) is 78.4. The van der Waals surface area contributed by atoms with E-state index in [1.807, 2.05) is 88.0 Å². The molecule has 0 saturated carbocycles. The Kier molecular flexibility index (Phi) is 30.5. The number of benzene rings is 3. The minimum atomic E-state index is -1.88. The number of halogens is 15. The summed E-state index contributed by atoms with van der Waals surface area (Å²) >= 11 is 44.6. The molecular formula is C99H90Cl7F8N21O6. The fourth-order valence-corrected chi connectivity index (χ4v) is 20.5. The number of nitrogen functional groups attached to an aromatic ring is 3. The van der Waals surface area contributed by atoms with E-state index in [2.05, 4.69) is 62.9 Å². The number of rotatable bonds is 15. The normalized spacial score (nSPS) is 16.6. The van der Waals surface area contributed by atoms with Gasteiger partial charge in [0.2, 0.25) is 17.7 Å². The molecule has 15 rings (SSSR count). The van der Waals surface area contributed by atoms with Gasteiger partial charge >= 0.3 is 0 Å². The molecule has 0 bridgehead atoms. The van der Waals surface area contributed by atoms with Gasteiger partial charge in [0.15, 0.2) is 46.5 Å². The Hall–Kier alpha value is -13.4. The lowest BCUT2D eigenvalue weighted by Crippen LogP contribution is -2.58. The molecule has 12 heterocycles. The minimum Gasteiger partial charge on any atom is -0.396 e. The number of carbonyl (C=O) groups is 3. The molecule has 3 aromatic carbocycles. The maximum atomic E-state index is 15.6. The van der Waals surface area contributed by atoms with Crippen LogP contribution in [0.5, 0.6) is 0 Å². The Morgan fingerprint density at radius 2 is 0.638 bits per heavy atom. The molecular weight excluding hydrogens is 1980 g/mol. The average molecular weight is 2070 g/mol. The number of aromatic nitrogens is 9. The highest BCUT2D eigenvalue weighted by Gasteiger charge is 2.42. The van der Waals surface area contributed by atoms with Crippen molar-refractivity contribution < 1.29 is 49.5 Å². The summed E-state index contributed by atoms with van der Waals surface area (Å²) in [5, 5.41) is 28.4. The Bertz CT molecular complexity index is 6860. The summed E-state index contributed by atoms with van der Waals surface area (Å²) in [5.74, 6) is -13.7. The molecule has 27 nitrogen and oxygen atoms in total. The van der Waals surface area contributed by atoms with Gasteiger partial charge < -0.3 is 46.6 Å². The third-order valence-electron chi connectivity index (χ3n) is 24.9. The number of carbonyl (C=O) groups excluding carboxylic acids is 3.